The summed E-state index contributed by atoms with van der Waals surface area (Å²) in [6, 6.07) is 3.36. The molecule has 0 aromatic heterocycles. The highest BCUT2D eigenvalue weighted by atomic mass is 19.2. The van der Waals surface area contributed by atoms with Gasteiger partial charge in [-0.3, -0.25) is 4.79 Å². The highest BCUT2D eigenvalue weighted by Crippen LogP contribution is 2.21. The Morgan fingerprint density at radius 3 is 2.56 bits per heavy atom. The fourth-order valence-electron chi connectivity index (χ4n) is 3.31. The lowest BCUT2D eigenvalue weighted by Crippen LogP contribution is -2.43. The lowest BCUT2D eigenvalue weighted by Gasteiger charge is -2.25. The van der Waals surface area contributed by atoms with Crippen LogP contribution >= 0.6 is 0 Å². The third kappa shape index (κ3) is 6.48. The summed E-state index contributed by atoms with van der Waals surface area (Å²) in [6.45, 7) is 2.18. The van der Waals surface area contributed by atoms with Crippen LogP contribution in [0.25, 0.3) is 0 Å². The van der Waals surface area contributed by atoms with Gasteiger partial charge in [-0.15, -0.1) is 0 Å². The van der Waals surface area contributed by atoms with Crippen molar-refractivity contribution in [1.82, 2.24) is 15.5 Å². The molecule has 7 heteroatoms. The summed E-state index contributed by atoms with van der Waals surface area (Å²) in [5.41, 5.74) is 0.537. The van der Waals surface area contributed by atoms with E-state index in [1.807, 2.05) is 0 Å². The maximum Gasteiger partial charge on any atom is 0.315 e. The fraction of sp³-hybridized carbons (Fsp3) is 0.600. The summed E-state index contributed by atoms with van der Waals surface area (Å²) in [4.78, 5) is 25.7. The van der Waals surface area contributed by atoms with Crippen LogP contribution in [-0.2, 0) is 4.79 Å². The van der Waals surface area contributed by atoms with E-state index in [0.717, 1.165) is 37.8 Å². The molecule has 1 atom stereocenters. The molecule has 5 nitrogen and oxygen atoms in total. The zero-order valence-electron chi connectivity index (χ0n) is 16.1. The maximum atomic E-state index is 13.4. The monoisotopic (exact) mass is 381 g/mol. The van der Waals surface area contributed by atoms with Gasteiger partial charge in [0.25, 0.3) is 0 Å². The van der Waals surface area contributed by atoms with Crippen LogP contribution in [-0.4, -0.2) is 36.5 Å². The van der Waals surface area contributed by atoms with Crippen LogP contribution in [0.3, 0.4) is 0 Å². The van der Waals surface area contributed by atoms with Crippen LogP contribution in [0.1, 0.15) is 63.5 Å². The van der Waals surface area contributed by atoms with Crippen molar-refractivity contribution < 1.29 is 18.4 Å². The molecule has 3 amide bonds. The van der Waals surface area contributed by atoms with Crippen LogP contribution in [0.5, 0.6) is 0 Å². The molecule has 0 aliphatic heterocycles. The van der Waals surface area contributed by atoms with Crippen LogP contribution in [0.15, 0.2) is 18.2 Å². The van der Waals surface area contributed by atoms with Gasteiger partial charge in [0, 0.05) is 26.1 Å². The highest BCUT2D eigenvalue weighted by Gasteiger charge is 2.19. The Balaban J connectivity index is 1.69. The number of rotatable bonds is 7. The second-order valence-electron chi connectivity index (χ2n) is 7.19. The summed E-state index contributed by atoms with van der Waals surface area (Å²) in [7, 11) is 1.64. The predicted molar refractivity (Wildman–Crippen MR) is 100 cm³/mol. The Labute approximate surface area is 159 Å². The standard InChI is InChI=1S/C20H29F2N3O2/c1-14(15-10-11-17(21)18(22)13-15)25(2)19(26)9-6-12-23-20(27)24-16-7-4-3-5-8-16/h10-11,13-14,16H,3-9,12H2,1-2H3,(H2,23,24,27). The summed E-state index contributed by atoms with van der Waals surface area (Å²) < 4.78 is 26.4. The topological polar surface area (TPSA) is 61.4 Å². The van der Waals surface area contributed by atoms with E-state index in [1.165, 1.54) is 17.4 Å². The second kappa shape index (κ2) is 10.2. The lowest BCUT2D eigenvalue weighted by atomic mass is 9.96. The summed E-state index contributed by atoms with van der Waals surface area (Å²) in [5.74, 6) is -1.94. The van der Waals surface area contributed by atoms with Crippen molar-refractivity contribution in [2.75, 3.05) is 13.6 Å². The van der Waals surface area contributed by atoms with Gasteiger partial charge in [-0.2, -0.15) is 0 Å². The van der Waals surface area contributed by atoms with Crippen molar-refractivity contribution in [3.63, 3.8) is 0 Å². The van der Waals surface area contributed by atoms with Gasteiger partial charge < -0.3 is 15.5 Å². The number of hydrogen-bond acceptors (Lipinski definition) is 2. The molecular weight excluding hydrogens is 352 g/mol. The number of hydrogen-bond donors (Lipinski definition) is 2. The van der Waals surface area contributed by atoms with Gasteiger partial charge in [-0.25, -0.2) is 13.6 Å². The molecule has 1 aliphatic carbocycles. The maximum absolute atomic E-state index is 13.4. The van der Waals surface area contributed by atoms with Gasteiger partial charge in [-0.05, 0) is 43.9 Å². The van der Waals surface area contributed by atoms with E-state index in [9.17, 15) is 18.4 Å². The molecule has 0 saturated heterocycles. The van der Waals surface area contributed by atoms with E-state index in [-0.39, 0.29) is 30.4 Å². The predicted octanol–water partition coefficient (Wildman–Crippen LogP) is 3.90. The van der Waals surface area contributed by atoms with Crippen molar-refractivity contribution in [2.24, 2.45) is 0 Å². The molecular formula is C20H29F2N3O2. The first-order valence-electron chi connectivity index (χ1n) is 9.63. The molecule has 0 heterocycles. The minimum absolute atomic E-state index is 0.110. The molecule has 2 N–H and O–H groups in total. The number of carbonyl (C=O) groups is 2. The van der Waals surface area contributed by atoms with Crippen molar-refractivity contribution in [3.8, 4) is 0 Å². The van der Waals surface area contributed by atoms with Crippen molar-refractivity contribution in [1.29, 1.82) is 0 Å². The summed E-state index contributed by atoms with van der Waals surface area (Å²) >= 11 is 0. The molecule has 27 heavy (non-hydrogen) atoms. The normalized spacial score (nSPS) is 15.9. The van der Waals surface area contributed by atoms with Crippen LogP contribution in [0.2, 0.25) is 0 Å². The summed E-state index contributed by atoms with van der Waals surface area (Å²) in [5, 5.41) is 5.75. The van der Waals surface area contributed by atoms with E-state index in [4.69, 9.17) is 0 Å². The quantitative estimate of drug-likeness (QED) is 0.704. The van der Waals surface area contributed by atoms with Gasteiger partial charge >= 0.3 is 6.03 Å². The van der Waals surface area contributed by atoms with Gasteiger partial charge in [0.1, 0.15) is 0 Å². The van der Waals surface area contributed by atoms with Gasteiger partial charge in [0.2, 0.25) is 5.91 Å². The number of amides is 3. The number of carbonyl (C=O) groups excluding carboxylic acids is 2. The molecule has 0 bridgehead atoms. The molecule has 1 saturated carbocycles. The van der Waals surface area contributed by atoms with E-state index >= 15 is 0 Å². The lowest BCUT2D eigenvalue weighted by molar-refractivity contribution is -0.131. The highest BCUT2D eigenvalue weighted by molar-refractivity contribution is 5.77. The molecule has 1 aromatic carbocycles. The Morgan fingerprint density at radius 1 is 1.19 bits per heavy atom. The molecule has 1 aromatic rings. The molecule has 1 fully saturated rings. The minimum atomic E-state index is -0.923. The average molecular weight is 381 g/mol. The third-order valence-electron chi connectivity index (χ3n) is 5.19. The number of halogens is 2. The van der Waals surface area contributed by atoms with Crippen LogP contribution < -0.4 is 10.6 Å². The van der Waals surface area contributed by atoms with Crippen LogP contribution in [0, 0.1) is 11.6 Å². The number of nitrogens with one attached hydrogen (secondary N) is 2. The van der Waals surface area contributed by atoms with Crippen molar-refractivity contribution in [2.45, 2.75) is 64.0 Å². The average Bonchev–Trinajstić information content (AvgIpc) is 2.66. The number of urea groups is 1. The molecule has 1 aliphatic rings. The summed E-state index contributed by atoms with van der Waals surface area (Å²) in [6.07, 6.45) is 6.39. The first kappa shape index (κ1) is 21.1. The first-order chi connectivity index (χ1) is 12.9. The van der Waals surface area contributed by atoms with E-state index in [0.29, 0.717) is 18.5 Å². The molecule has 150 valence electrons. The SMILES string of the molecule is CC(c1ccc(F)c(F)c1)N(C)C(=O)CCCNC(=O)NC1CCCCC1. The first-order valence-corrected chi connectivity index (χ1v) is 9.63. The molecule has 2 rings (SSSR count). The van der Waals surface area contributed by atoms with Crippen molar-refractivity contribution >= 4 is 11.9 Å². The second-order valence-corrected chi connectivity index (χ2v) is 7.19. The fourth-order valence-corrected chi connectivity index (χ4v) is 3.31. The molecule has 1 unspecified atom stereocenters. The van der Waals surface area contributed by atoms with Gasteiger partial charge in [0.05, 0.1) is 6.04 Å². The Bertz CT molecular complexity index is 648. The van der Waals surface area contributed by atoms with E-state index in [1.54, 1.807) is 14.0 Å². The van der Waals surface area contributed by atoms with Crippen LogP contribution in [0.4, 0.5) is 13.6 Å². The van der Waals surface area contributed by atoms with Gasteiger partial charge in [0.15, 0.2) is 11.6 Å². The third-order valence-corrected chi connectivity index (χ3v) is 5.19. The van der Waals surface area contributed by atoms with E-state index < -0.39 is 11.6 Å². The number of benzene rings is 1. The molecule has 0 radical (unpaired) electrons. The Hall–Kier alpha value is -2.18. The largest absolute Gasteiger partial charge is 0.339 e. The minimum Gasteiger partial charge on any atom is -0.339 e. The van der Waals surface area contributed by atoms with Gasteiger partial charge in [-0.1, -0.05) is 25.3 Å². The zero-order valence-corrected chi connectivity index (χ0v) is 16.1. The Morgan fingerprint density at radius 2 is 1.89 bits per heavy atom. The smallest absolute Gasteiger partial charge is 0.315 e. The number of nitrogens with zero attached hydrogens (tertiary/aromatic N) is 1. The van der Waals surface area contributed by atoms with Crippen molar-refractivity contribution in [3.05, 3.63) is 35.4 Å². The zero-order chi connectivity index (χ0) is 19.8. The molecule has 0 spiro atoms. The van der Waals surface area contributed by atoms with E-state index in [2.05, 4.69) is 10.6 Å². The Kier molecular flexibility index (Phi) is 8.00.